The summed E-state index contributed by atoms with van der Waals surface area (Å²) in [7, 11) is 0. The lowest BCUT2D eigenvalue weighted by Crippen LogP contribution is -2.50. The number of hydrogen-bond donors (Lipinski definition) is 2. The van der Waals surface area contributed by atoms with Crippen molar-refractivity contribution in [2.45, 2.75) is 37.6 Å². The third-order valence-electron chi connectivity index (χ3n) is 4.79. The van der Waals surface area contributed by atoms with E-state index in [4.69, 9.17) is 0 Å². The van der Waals surface area contributed by atoms with Crippen LogP contribution in [0.2, 0.25) is 0 Å². The fourth-order valence-corrected chi connectivity index (χ4v) is 4.47. The Balaban J connectivity index is 1.55. The minimum absolute atomic E-state index is 0.311. The predicted octanol–water partition coefficient (Wildman–Crippen LogP) is 2.94. The van der Waals surface area contributed by atoms with Gasteiger partial charge in [-0.25, -0.2) is 9.18 Å². The summed E-state index contributed by atoms with van der Waals surface area (Å²) in [6.45, 7) is 0. The van der Waals surface area contributed by atoms with Crippen molar-refractivity contribution in [1.82, 2.24) is 15.8 Å². The van der Waals surface area contributed by atoms with Crippen LogP contribution in [0.5, 0.6) is 0 Å². The molecule has 0 bridgehead atoms. The number of carbonyl (C=O) groups is 3. The summed E-state index contributed by atoms with van der Waals surface area (Å²) < 4.78 is 13.9. The number of carbonyl (C=O) groups excluding carboxylic acids is 3. The number of nitrogens with one attached hydrogen (secondary N) is 2. The van der Waals surface area contributed by atoms with E-state index in [0.29, 0.717) is 22.4 Å². The standard InChI is InChI=1S/C17H16FN3O3S/c18-11-5-4-10-8-13(25-12(10)9-11)14(22)20-21-15(23)17(19-16(21)24)6-2-1-3-7-17/h4-5,8-9H,1-3,6-7H2,(H,19,24)(H,20,22). The Hall–Kier alpha value is -2.48. The van der Waals surface area contributed by atoms with Gasteiger partial charge in [0.15, 0.2) is 0 Å². The van der Waals surface area contributed by atoms with Crippen LogP contribution in [-0.2, 0) is 4.79 Å². The second-order valence-corrected chi connectivity index (χ2v) is 7.53. The molecule has 1 saturated carbocycles. The molecule has 0 unspecified atom stereocenters. The largest absolute Gasteiger partial charge is 0.344 e. The number of urea groups is 1. The van der Waals surface area contributed by atoms with Crippen LogP contribution in [-0.4, -0.2) is 28.4 Å². The maximum Gasteiger partial charge on any atom is 0.344 e. The molecule has 0 atom stereocenters. The molecule has 0 radical (unpaired) electrons. The molecule has 2 heterocycles. The average Bonchev–Trinajstić information content (AvgIpc) is 3.10. The first-order valence-corrected chi connectivity index (χ1v) is 8.97. The Morgan fingerprint density at radius 1 is 1.20 bits per heavy atom. The Kier molecular flexibility index (Phi) is 3.72. The van der Waals surface area contributed by atoms with E-state index in [0.717, 1.165) is 41.0 Å². The van der Waals surface area contributed by atoms with E-state index in [1.165, 1.54) is 12.1 Å². The SMILES string of the molecule is O=C(NN1C(=O)NC2(CCCCC2)C1=O)c1cc2ccc(F)cc2s1. The van der Waals surface area contributed by atoms with Crippen LogP contribution in [0, 0.1) is 5.82 Å². The molecule has 1 aliphatic heterocycles. The second-order valence-electron chi connectivity index (χ2n) is 6.45. The van der Waals surface area contributed by atoms with Gasteiger partial charge in [0.1, 0.15) is 11.4 Å². The summed E-state index contributed by atoms with van der Waals surface area (Å²) in [5.74, 6) is -1.34. The molecule has 4 amide bonds. The van der Waals surface area contributed by atoms with Gasteiger partial charge < -0.3 is 5.32 Å². The molecule has 1 aromatic carbocycles. The van der Waals surface area contributed by atoms with Crippen molar-refractivity contribution < 1.29 is 18.8 Å². The molecule has 8 heteroatoms. The van der Waals surface area contributed by atoms with Gasteiger partial charge in [0.2, 0.25) is 0 Å². The van der Waals surface area contributed by atoms with E-state index in [1.807, 2.05) is 0 Å². The highest BCUT2D eigenvalue weighted by Gasteiger charge is 2.52. The Morgan fingerprint density at radius 3 is 2.72 bits per heavy atom. The topological polar surface area (TPSA) is 78.5 Å². The third-order valence-corrected chi connectivity index (χ3v) is 5.88. The minimum atomic E-state index is -0.883. The lowest BCUT2D eigenvalue weighted by molar-refractivity contribution is -0.134. The number of hydrogen-bond acceptors (Lipinski definition) is 4. The van der Waals surface area contributed by atoms with Crippen molar-refractivity contribution in [2.75, 3.05) is 0 Å². The highest BCUT2D eigenvalue weighted by Crippen LogP contribution is 2.33. The Labute approximate surface area is 147 Å². The lowest BCUT2D eigenvalue weighted by atomic mass is 9.82. The zero-order valence-electron chi connectivity index (χ0n) is 13.3. The lowest BCUT2D eigenvalue weighted by Gasteiger charge is -2.30. The maximum absolute atomic E-state index is 13.3. The molecule has 4 rings (SSSR count). The predicted molar refractivity (Wildman–Crippen MR) is 90.4 cm³/mol. The zero-order valence-corrected chi connectivity index (χ0v) is 14.1. The summed E-state index contributed by atoms with van der Waals surface area (Å²) in [6.07, 6.45) is 3.96. The number of imide groups is 1. The first-order valence-electron chi connectivity index (χ1n) is 8.15. The first kappa shape index (κ1) is 16.0. The molecular formula is C17H16FN3O3S. The third kappa shape index (κ3) is 2.66. The summed E-state index contributed by atoms with van der Waals surface area (Å²) in [4.78, 5) is 37.6. The van der Waals surface area contributed by atoms with Crippen LogP contribution >= 0.6 is 11.3 Å². The van der Waals surface area contributed by atoms with E-state index >= 15 is 0 Å². The number of fused-ring (bicyclic) bond motifs is 1. The van der Waals surface area contributed by atoms with Gasteiger partial charge in [-0.2, -0.15) is 5.01 Å². The van der Waals surface area contributed by atoms with E-state index in [9.17, 15) is 18.8 Å². The number of rotatable bonds is 2. The highest BCUT2D eigenvalue weighted by molar-refractivity contribution is 7.20. The molecule has 2 N–H and O–H groups in total. The fraction of sp³-hybridized carbons (Fsp3) is 0.353. The second kappa shape index (κ2) is 5.80. The van der Waals surface area contributed by atoms with Crippen LogP contribution < -0.4 is 10.7 Å². The average molecular weight is 361 g/mol. The molecule has 2 aliphatic rings. The monoisotopic (exact) mass is 361 g/mol. The molecule has 1 spiro atoms. The molecule has 1 aliphatic carbocycles. The van der Waals surface area contributed by atoms with Crippen molar-refractivity contribution in [1.29, 1.82) is 0 Å². The highest BCUT2D eigenvalue weighted by atomic mass is 32.1. The Bertz CT molecular complexity index is 888. The van der Waals surface area contributed by atoms with Crippen LogP contribution in [0.15, 0.2) is 24.3 Å². The van der Waals surface area contributed by atoms with Gasteiger partial charge in [0, 0.05) is 4.70 Å². The molecule has 1 saturated heterocycles. The van der Waals surface area contributed by atoms with E-state index in [1.54, 1.807) is 12.1 Å². The molecule has 2 aromatic rings. The Morgan fingerprint density at radius 2 is 1.96 bits per heavy atom. The molecular weight excluding hydrogens is 345 g/mol. The van der Waals surface area contributed by atoms with Crippen molar-refractivity contribution in [3.63, 3.8) is 0 Å². The van der Waals surface area contributed by atoms with E-state index < -0.39 is 23.4 Å². The van der Waals surface area contributed by atoms with Gasteiger partial charge in [-0.15, -0.1) is 11.3 Å². The number of thiophene rings is 1. The molecule has 130 valence electrons. The van der Waals surface area contributed by atoms with Crippen LogP contribution in [0.3, 0.4) is 0 Å². The van der Waals surface area contributed by atoms with Crippen molar-refractivity contribution >= 4 is 39.3 Å². The van der Waals surface area contributed by atoms with Crippen molar-refractivity contribution in [3.8, 4) is 0 Å². The number of benzene rings is 1. The van der Waals surface area contributed by atoms with Crippen molar-refractivity contribution in [2.24, 2.45) is 0 Å². The smallest absolute Gasteiger partial charge is 0.322 e. The van der Waals surface area contributed by atoms with E-state index in [2.05, 4.69) is 10.7 Å². The van der Waals surface area contributed by atoms with Gasteiger partial charge in [-0.05, 0) is 36.4 Å². The minimum Gasteiger partial charge on any atom is -0.322 e. The zero-order chi connectivity index (χ0) is 17.6. The first-order chi connectivity index (χ1) is 12.0. The molecule has 6 nitrogen and oxygen atoms in total. The summed E-state index contributed by atoms with van der Waals surface area (Å²) in [6, 6.07) is 5.27. The maximum atomic E-state index is 13.3. The number of hydrazine groups is 1. The quantitative estimate of drug-likeness (QED) is 0.807. The number of nitrogens with zero attached hydrogens (tertiary/aromatic N) is 1. The fourth-order valence-electron chi connectivity index (χ4n) is 3.49. The summed E-state index contributed by atoms with van der Waals surface area (Å²) in [5.41, 5.74) is 1.51. The van der Waals surface area contributed by atoms with Gasteiger partial charge in [0.05, 0.1) is 4.88 Å². The number of amides is 4. The van der Waals surface area contributed by atoms with Crippen LogP contribution in [0.4, 0.5) is 9.18 Å². The van der Waals surface area contributed by atoms with Crippen LogP contribution in [0.1, 0.15) is 41.8 Å². The molecule has 1 aromatic heterocycles. The van der Waals surface area contributed by atoms with Gasteiger partial charge in [-0.3, -0.25) is 15.0 Å². The summed E-state index contributed by atoms with van der Waals surface area (Å²) >= 11 is 1.11. The van der Waals surface area contributed by atoms with Gasteiger partial charge >= 0.3 is 6.03 Å². The molecule has 2 fully saturated rings. The van der Waals surface area contributed by atoms with Crippen molar-refractivity contribution in [3.05, 3.63) is 35.0 Å². The number of halogens is 1. The van der Waals surface area contributed by atoms with Gasteiger partial charge in [-0.1, -0.05) is 25.3 Å². The summed E-state index contributed by atoms with van der Waals surface area (Å²) in [5, 5.41) is 4.25. The van der Waals surface area contributed by atoms with Crippen LogP contribution in [0.25, 0.3) is 10.1 Å². The normalized spacial score (nSPS) is 19.5. The van der Waals surface area contributed by atoms with Gasteiger partial charge in [0.25, 0.3) is 11.8 Å². The molecule has 25 heavy (non-hydrogen) atoms. The van der Waals surface area contributed by atoms with E-state index in [-0.39, 0.29) is 5.82 Å².